The Kier molecular flexibility index (Phi) is 32.9. The quantitative estimate of drug-likeness (QED) is 0.0895. The van der Waals surface area contributed by atoms with Crippen LogP contribution in [0.15, 0.2) is 118 Å². The summed E-state index contributed by atoms with van der Waals surface area (Å²) in [5, 5.41) is 7.89. The van der Waals surface area contributed by atoms with Crippen molar-refractivity contribution < 1.29 is 33.4 Å². The van der Waals surface area contributed by atoms with E-state index in [0.717, 1.165) is 24.8 Å². The van der Waals surface area contributed by atoms with Gasteiger partial charge in [0.05, 0.1) is 27.5 Å². The second-order valence-electron chi connectivity index (χ2n) is 14.7. The lowest BCUT2D eigenvalue weighted by molar-refractivity contribution is -0.126. The molecule has 0 aliphatic heterocycles. The normalized spacial score (nSPS) is 9.76. The highest BCUT2D eigenvalue weighted by Gasteiger charge is 2.21. The van der Waals surface area contributed by atoms with E-state index in [1.54, 1.807) is 21.3 Å². The largest absolute Gasteiger partial charge is 0.495 e. The Labute approximate surface area is 350 Å². The van der Waals surface area contributed by atoms with Crippen LogP contribution in [0, 0.1) is 5.41 Å². The van der Waals surface area contributed by atoms with E-state index in [4.69, 9.17) is 4.74 Å². The zero-order valence-corrected chi connectivity index (χ0v) is 37.8. The molecule has 13 heteroatoms. The second kappa shape index (κ2) is 33.6. The molecule has 322 valence electrons. The lowest BCUT2D eigenvalue weighted by Gasteiger charge is -2.28. The summed E-state index contributed by atoms with van der Waals surface area (Å²) in [6.45, 7) is 35.1. The Morgan fingerprint density at radius 1 is 0.707 bits per heavy atom. The molecule has 0 aliphatic carbocycles. The minimum absolute atomic E-state index is 0.0243. The van der Waals surface area contributed by atoms with Gasteiger partial charge in [0.25, 0.3) is 0 Å². The maximum absolute atomic E-state index is 11.8. The van der Waals surface area contributed by atoms with Crippen LogP contribution in [-0.4, -0.2) is 96.2 Å². The van der Waals surface area contributed by atoms with Crippen molar-refractivity contribution >= 4 is 43.3 Å². The minimum atomic E-state index is -1.30. The first kappa shape index (κ1) is 56.8. The van der Waals surface area contributed by atoms with Crippen molar-refractivity contribution in [1.29, 1.82) is 0 Å². The summed E-state index contributed by atoms with van der Waals surface area (Å²) in [4.78, 5) is 57.9. The van der Waals surface area contributed by atoms with E-state index in [9.17, 15) is 24.0 Å². The molecule has 2 aromatic rings. The average Bonchev–Trinajstić information content (AvgIpc) is 3.21. The third kappa shape index (κ3) is 32.7. The van der Waals surface area contributed by atoms with Gasteiger partial charge in [0.15, 0.2) is 0 Å². The Hall–Kier alpha value is -5.53. The molecule has 0 spiro atoms. The molecule has 58 heavy (non-hydrogen) atoms. The number of likely N-dealkylation sites (N-methyl/N-ethyl adjacent to an activating group) is 1. The van der Waals surface area contributed by atoms with E-state index in [1.807, 2.05) is 66.4 Å². The zero-order chi connectivity index (χ0) is 45.2. The molecule has 0 radical (unpaired) electrons. The average molecular weight is 822 g/mol. The van der Waals surface area contributed by atoms with Crippen molar-refractivity contribution in [2.45, 2.75) is 60.3 Å². The van der Waals surface area contributed by atoms with Crippen LogP contribution < -0.4 is 25.6 Å². The van der Waals surface area contributed by atoms with Gasteiger partial charge in [-0.2, -0.15) is 0 Å². The van der Waals surface area contributed by atoms with Crippen molar-refractivity contribution in [2.75, 3.05) is 58.6 Å². The van der Waals surface area contributed by atoms with E-state index in [1.165, 1.54) is 40.8 Å². The Morgan fingerprint density at radius 3 is 1.62 bits per heavy atom. The van der Waals surface area contributed by atoms with Crippen LogP contribution in [0.1, 0.15) is 39.7 Å². The summed E-state index contributed by atoms with van der Waals surface area (Å²) < 4.78 is 9.82. The van der Waals surface area contributed by atoms with Crippen LogP contribution in [-0.2, 0) is 35.3 Å². The molecule has 3 N–H and O–H groups in total. The fraction of sp³-hybridized carbons (Fsp3) is 0.400. The summed E-state index contributed by atoms with van der Waals surface area (Å²) in [7, 11) is 3.54. The molecule has 0 atom stereocenters. The molecule has 0 saturated carbocycles. The van der Waals surface area contributed by atoms with Crippen LogP contribution >= 0.6 is 0 Å². The number of ether oxygens (including phenoxy) is 2. The first-order valence-electron chi connectivity index (χ1n) is 18.9. The molecule has 2 aromatic carbocycles. The number of rotatable bonds is 17. The fourth-order valence-electron chi connectivity index (χ4n) is 3.97. The van der Waals surface area contributed by atoms with Gasteiger partial charge in [-0.15, -0.1) is 0 Å². The molecule has 0 fully saturated rings. The highest BCUT2D eigenvalue weighted by molar-refractivity contribution is 6.76. The number of nitrogens with one attached hydrogen (secondary N) is 3. The van der Waals surface area contributed by atoms with Crippen molar-refractivity contribution in [1.82, 2.24) is 20.9 Å². The lowest BCUT2D eigenvalue weighted by Crippen LogP contribution is -2.42. The van der Waals surface area contributed by atoms with Gasteiger partial charge >= 0.3 is 0 Å². The predicted octanol–water partition coefficient (Wildman–Crippen LogP) is 6.89. The number of nitrogens with zero attached hydrogens (tertiary/aromatic N) is 2. The van der Waals surface area contributed by atoms with Crippen LogP contribution in [0.2, 0.25) is 19.6 Å². The van der Waals surface area contributed by atoms with Crippen LogP contribution in [0.4, 0.5) is 5.69 Å². The molecule has 2 rings (SSSR count). The Balaban J connectivity index is -0.000000673. The number of para-hydroxylation sites is 2. The number of carbonyl (C=O) groups is 5. The lowest BCUT2D eigenvalue weighted by atomic mass is 9.97. The fourth-order valence-corrected chi connectivity index (χ4v) is 5.39. The van der Waals surface area contributed by atoms with E-state index in [-0.39, 0.29) is 35.0 Å². The maximum atomic E-state index is 11.8. The third-order valence-corrected chi connectivity index (χ3v) is 8.15. The van der Waals surface area contributed by atoms with E-state index < -0.39 is 8.07 Å². The monoisotopic (exact) mass is 822 g/mol. The first-order valence-corrected chi connectivity index (χ1v) is 22.6. The number of amides is 5. The van der Waals surface area contributed by atoms with Gasteiger partial charge in [0, 0.05) is 46.5 Å². The molecular formula is C45H71N5O7Si. The number of carbonyl (C=O) groups excluding carboxylic acids is 5. The van der Waals surface area contributed by atoms with Crippen molar-refractivity contribution in [3.05, 3.63) is 123 Å². The highest BCUT2D eigenvalue weighted by Crippen LogP contribution is 2.26. The van der Waals surface area contributed by atoms with Crippen LogP contribution in [0.25, 0.3) is 0 Å². The van der Waals surface area contributed by atoms with Crippen molar-refractivity contribution in [2.24, 2.45) is 5.41 Å². The standard InChI is InChI=1S/C14H21NOSi.C11H13NO2.C8H15NO.C6H11NO2.C6H11NO/c1-5-14(16)15(12-17(2,3)4)11-13-9-7-6-8-10-13;1-4-11(13)12(2)9-7-5-6-8-10(9)14-3;1-5-7(10)9-6-8(2,3)4;1-3-6(8)7-4-5-9-2;1-3-5-7-6(8)4-2/h5-10H,1,11-12H2,2-4H3;4-8H,1H2,2-3H3;5H,1,6H2,2-4H3,(H,9,10);3H,1,4-5H2,2H3,(H,7,8);4H,2-3,5H2,1H3,(H,7,8). The zero-order valence-electron chi connectivity index (χ0n) is 36.8. The van der Waals surface area contributed by atoms with Gasteiger partial charge < -0.3 is 35.2 Å². The molecule has 0 heterocycles. The number of anilines is 1. The predicted molar refractivity (Wildman–Crippen MR) is 243 cm³/mol. The number of methoxy groups -OCH3 is 2. The molecule has 0 bridgehead atoms. The first-order chi connectivity index (χ1) is 27.2. The van der Waals surface area contributed by atoms with Gasteiger partial charge in [-0.1, -0.05) is 123 Å². The van der Waals surface area contributed by atoms with E-state index >= 15 is 0 Å². The SMILES string of the molecule is C=CC(=O)N(C)c1ccccc1OC.C=CC(=O)N(Cc1ccccc1)C[Si](C)(C)C.C=CC(=O)NCC(C)(C)C.C=CC(=O)NCCC.C=CC(=O)NCCOC. The number of hydrogen-bond donors (Lipinski definition) is 3. The van der Waals surface area contributed by atoms with Gasteiger partial charge in [0.1, 0.15) is 5.75 Å². The molecule has 12 nitrogen and oxygen atoms in total. The minimum Gasteiger partial charge on any atom is -0.495 e. The molecule has 0 unspecified atom stereocenters. The summed E-state index contributed by atoms with van der Waals surface area (Å²) in [6.07, 6.45) is 8.30. The number of hydrogen-bond acceptors (Lipinski definition) is 7. The summed E-state index contributed by atoms with van der Waals surface area (Å²) >= 11 is 0. The van der Waals surface area contributed by atoms with Gasteiger partial charge in [-0.05, 0) is 59.9 Å². The van der Waals surface area contributed by atoms with Crippen LogP contribution in [0.5, 0.6) is 5.75 Å². The summed E-state index contributed by atoms with van der Waals surface area (Å²) in [6, 6.07) is 17.4. The Morgan fingerprint density at radius 2 is 1.19 bits per heavy atom. The smallest absolute Gasteiger partial charge is 0.250 e. The van der Waals surface area contributed by atoms with Crippen LogP contribution in [0.3, 0.4) is 0 Å². The Bertz CT molecular complexity index is 1550. The molecule has 0 saturated heterocycles. The van der Waals surface area contributed by atoms with E-state index in [0.29, 0.717) is 32.0 Å². The molecular weight excluding hydrogens is 751 g/mol. The topological polar surface area (TPSA) is 146 Å². The molecule has 0 aromatic heterocycles. The second-order valence-corrected chi connectivity index (χ2v) is 20.1. The van der Waals surface area contributed by atoms with Gasteiger partial charge in [-0.3, -0.25) is 24.0 Å². The van der Waals surface area contributed by atoms with Crippen molar-refractivity contribution in [3.63, 3.8) is 0 Å². The van der Waals surface area contributed by atoms with Gasteiger partial charge in [0.2, 0.25) is 29.5 Å². The van der Waals surface area contributed by atoms with Gasteiger partial charge in [-0.25, -0.2) is 0 Å². The molecule has 5 amide bonds. The van der Waals surface area contributed by atoms with E-state index in [2.05, 4.69) is 94.0 Å². The summed E-state index contributed by atoms with van der Waals surface area (Å²) in [5.41, 5.74) is 2.06. The van der Waals surface area contributed by atoms with Crippen molar-refractivity contribution in [3.8, 4) is 5.75 Å². The molecule has 0 aliphatic rings. The maximum Gasteiger partial charge on any atom is 0.250 e. The number of benzene rings is 2. The highest BCUT2D eigenvalue weighted by atomic mass is 28.3. The third-order valence-electron chi connectivity index (χ3n) is 6.82. The summed E-state index contributed by atoms with van der Waals surface area (Å²) in [5.74, 6) is 0.185.